The Bertz CT molecular complexity index is 622. The van der Waals surface area contributed by atoms with Crippen LogP contribution in [0.2, 0.25) is 0 Å². The zero-order valence-corrected chi connectivity index (χ0v) is 13.3. The first-order valence-electron chi connectivity index (χ1n) is 7.85. The van der Waals surface area contributed by atoms with E-state index in [-0.39, 0.29) is 17.7 Å². The summed E-state index contributed by atoms with van der Waals surface area (Å²) < 4.78 is 5.29. The molecule has 6 nitrogen and oxygen atoms in total. The lowest BCUT2D eigenvalue weighted by molar-refractivity contribution is -0.149. The number of carbonyl (C=O) groups excluding carboxylic acids is 1. The van der Waals surface area contributed by atoms with Gasteiger partial charge >= 0.3 is 5.97 Å². The molecule has 3 rings (SSSR count). The van der Waals surface area contributed by atoms with Crippen molar-refractivity contribution in [3.05, 3.63) is 17.0 Å². The number of aliphatic carboxylic acids is 1. The molecule has 0 aromatic carbocycles. The highest BCUT2D eigenvalue weighted by atomic mass is 16.5. The first-order chi connectivity index (χ1) is 10.4. The van der Waals surface area contributed by atoms with Crippen LogP contribution < -0.4 is 0 Å². The van der Waals surface area contributed by atoms with Gasteiger partial charge in [-0.25, -0.2) is 0 Å². The molecule has 1 aromatic rings. The number of aryl methyl sites for hydroxylation is 1. The third-order valence-corrected chi connectivity index (χ3v) is 5.21. The van der Waals surface area contributed by atoms with Crippen LogP contribution in [0.5, 0.6) is 0 Å². The molecule has 0 unspecified atom stereocenters. The first-order valence-corrected chi connectivity index (χ1v) is 7.85. The first kappa shape index (κ1) is 15.1. The van der Waals surface area contributed by atoms with Crippen LogP contribution in [-0.4, -0.2) is 40.1 Å². The fraction of sp³-hybridized carbons (Fsp3) is 0.688. The summed E-state index contributed by atoms with van der Waals surface area (Å²) in [5, 5.41) is 13.5. The van der Waals surface area contributed by atoms with Gasteiger partial charge in [-0.2, -0.15) is 0 Å². The van der Waals surface area contributed by atoms with E-state index in [4.69, 9.17) is 4.52 Å². The summed E-state index contributed by atoms with van der Waals surface area (Å²) in [5.74, 6) is -0.190. The lowest BCUT2D eigenvalue weighted by Gasteiger charge is -2.23. The molecule has 1 aliphatic carbocycles. The van der Waals surface area contributed by atoms with E-state index in [1.165, 1.54) is 0 Å². The van der Waals surface area contributed by atoms with Crippen LogP contribution in [0.1, 0.15) is 60.8 Å². The molecule has 120 valence electrons. The zero-order valence-electron chi connectivity index (χ0n) is 13.3. The molecule has 2 aliphatic rings. The highest BCUT2D eigenvalue weighted by molar-refractivity contribution is 5.97. The van der Waals surface area contributed by atoms with Crippen LogP contribution in [0.15, 0.2) is 4.52 Å². The van der Waals surface area contributed by atoms with Crippen LogP contribution >= 0.6 is 0 Å². The summed E-state index contributed by atoms with van der Waals surface area (Å²) in [5.41, 5.74) is 0.337. The Morgan fingerprint density at radius 3 is 2.77 bits per heavy atom. The van der Waals surface area contributed by atoms with Crippen LogP contribution in [0.4, 0.5) is 0 Å². The van der Waals surface area contributed by atoms with Crippen LogP contribution in [0.25, 0.3) is 0 Å². The normalized spacial score (nSPS) is 27.5. The van der Waals surface area contributed by atoms with E-state index >= 15 is 0 Å². The molecular formula is C16H22N2O4. The fourth-order valence-electron chi connectivity index (χ4n) is 3.99. The van der Waals surface area contributed by atoms with Crippen molar-refractivity contribution in [1.29, 1.82) is 0 Å². The second-order valence-corrected chi connectivity index (χ2v) is 6.90. The van der Waals surface area contributed by atoms with E-state index in [9.17, 15) is 14.7 Å². The van der Waals surface area contributed by atoms with Gasteiger partial charge in [0.2, 0.25) is 0 Å². The summed E-state index contributed by atoms with van der Waals surface area (Å²) in [6, 6.07) is 0. The molecule has 22 heavy (non-hydrogen) atoms. The number of carboxylic acid groups (broad SMARTS) is 1. The molecule has 0 spiro atoms. The molecule has 1 saturated heterocycles. The minimum atomic E-state index is -0.767. The van der Waals surface area contributed by atoms with Crippen molar-refractivity contribution in [2.75, 3.05) is 13.1 Å². The SMILES string of the molecule is Cc1noc(C(C)C)c1C(=O)N1C[C@@H]2CCC[C@@]2(C(=O)O)C1. The molecule has 0 bridgehead atoms. The highest BCUT2D eigenvalue weighted by Crippen LogP contribution is 2.49. The molecular weight excluding hydrogens is 284 g/mol. The number of hydrogen-bond donors (Lipinski definition) is 1. The minimum Gasteiger partial charge on any atom is -0.481 e. The summed E-state index contributed by atoms with van der Waals surface area (Å²) >= 11 is 0. The summed E-state index contributed by atoms with van der Waals surface area (Å²) in [6.45, 7) is 6.48. The topological polar surface area (TPSA) is 83.6 Å². The Morgan fingerprint density at radius 2 is 2.18 bits per heavy atom. The largest absolute Gasteiger partial charge is 0.481 e. The molecule has 0 radical (unpaired) electrons. The highest BCUT2D eigenvalue weighted by Gasteiger charge is 2.56. The number of rotatable bonds is 3. The summed E-state index contributed by atoms with van der Waals surface area (Å²) in [7, 11) is 0. The molecule has 1 aromatic heterocycles. The van der Waals surface area contributed by atoms with Crippen LogP contribution in [0, 0.1) is 18.3 Å². The Balaban J connectivity index is 1.89. The quantitative estimate of drug-likeness (QED) is 0.927. The van der Waals surface area contributed by atoms with Crippen molar-refractivity contribution in [2.45, 2.75) is 46.0 Å². The predicted octanol–water partition coefficient (Wildman–Crippen LogP) is 2.43. The number of amides is 1. The van der Waals surface area contributed by atoms with Crippen LogP contribution in [0.3, 0.4) is 0 Å². The number of carboxylic acids is 1. The molecule has 6 heteroatoms. The molecule has 1 saturated carbocycles. The Labute approximate surface area is 129 Å². The second kappa shape index (κ2) is 5.11. The van der Waals surface area contributed by atoms with Gasteiger partial charge in [-0.05, 0) is 25.7 Å². The van der Waals surface area contributed by atoms with Gasteiger partial charge in [0.05, 0.1) is 11.1 Å². The Hall–Kier alpha value is -1.85. The van der Waals surface area contributed by atoms with Gasteiger partial charge in [-0.15, -0.1) is 0 Å². The van der Waals surface area contributed by atoms with Crippen molar-refractivity contribution in [3.63, 3.8) is 0 Å². The molecule has 1 amide bonds. The van der Waals surface area contributed by atoms with Gasteiger partial charge in [0, 0.05) is 19.0 Å². The Kier molecular flexibility index (Phi) is 3.50. The minimum absolute atomic E-state index is 0.0655. The van der Waals surface area contributed by atoms with Crippen molar-refractivity contribution >= 4 is 11.9 Å². The number of likely N-dealkylation sites (tertiary alicyclic amines) is 1. The van der Waals surface area contributed by atoms with Gasteiger partial charge in [0.15, 0.2) is 5.76 Å². The summed E-state index contributed by atoms with van der Waals surface area (Å²) in [4.78, 5) is 26.3. The maximum absolute atomic E-state index is 12.9. The maximum atomic E-state index is 12.9. The smallest absolute Gasteiger partial charge is 0.311 e. The van der Waals surface area contributed by atoms with Gasteiger partial charge in [-0.3, -0.25) is 9.59 Å². The standard InChI is InChI=1S/C16H22N2O4/c1-9(2)13-12(10(3)17-22-13)14(19)18-7-11-5-4-6-16(11,8-18)15(20)21/h9,11H,4-8H2,1-3H3,(H,20,21)/t11-,16+/m0/s1. The van der Waals surface area contributed by atoms with E-state index in [1.54, 1.807) is 11.8 Å². The molecule has 2 atom stereocenters. The van der Waals surface area contributed by atoms with E-state index in [0.717, 1.165) is 12.8 Å². The fourth-order valence-corrected chi connectivity index (χ4v) is 3.99. The van der Waals surface area contributed by atoms with E-state index < -0.39 is 11.4 Å². The molecule has 1 aliphatic heterocycles. The number of hydrogen-bond acceptors (Lipinski definition) is 4. The maximum Gasteiger partial charge on any atom is 0.311 e. The number of nitrogens with zero attached hydrogens (tertiary/aromatic N) is 2. The number of fused-ring (bicyclic) bond motifs is 1. The van der Waals surface area contributed by atoms with Crippen molar-refractivity contribution < 1.29 is 19.2 Å². The Morgan fingerprint density at radius 1 is 1.45 bits per heavy atom. The van der Waals surface area contributed by atoms with Crippen molar-refractivity contribution in [2.24, 2.45) is 11.3 Å². The van der Waals surface area contributed by atoms with Crippen LogP contribution in [-0.2, 0) is 4.79 Å². The van der Waals surface area contributed by atoms with E-state index in [0.29, 0.717) is 36.5 Å². The van der Waals surface area contributed by atoms with E-state index in [1.807, 2.05) is 13.8 Å². The third-order valence-electron chi connectivity index (χ3n) is 5.21. The van der Waals surface area contributed by atoms with Crippen molar-refractivity contribution in [3.8, 4) is 0 Å². The third kappa shape index (κ3) is 2.04. The van der Waals surface area contributed by atoms with Gasteiger partial charge < -0.3 is 14.5 Å². The van der Waals surface area contributed by atoms with Gasteiger partial charge in [0.1, 0.15) is 5.56 Å². The molecule has 2 heterocycles. The monoisotopic (exact) mass is 306 g/mol. The number of carbonyl (C=O) groups is 2. The summed E-state index contributed by atoms with van der Waals surface area (Å²) in [6.07, 6.45) is 2.48. The average molecular weight is 306 g/mol. The van der Waals surface area contributed by atoms with Crippen molar-refractivity contribution in [1.82, 2.24) is 10.1 Å². The second-order valence-electron chi connectivity index (χ2n) is 6.90. The molecule has 1 N–H and O–H groups in total. The average Bonchev–Trinajstić information content (AvgIpc) is 3.08. The van der Waals surface area contributed by atoms with Gasteiger partial charge in [-0.1, -0.05) is 25.4 Å². The lowest BCUT2D eigenvalue weighted by atomic mass is 9.81. The molecule has 2 fully saturated rings. The lowest BCUT2D eigenvalue weighted by Crippen LogP contribution is -2.37. The van der Waals surface area contributed by atoms with Gasteiger partial charge in [0.25, 0.3) is 5.91 Å². The predicted molar refractivity (Wildman–Crippen MR) is 78.6 cm³/mol. The van der Waals surface area contributed by atoms with E-state index in [2.05, 4.69) is 5.16 Å². The number of aromatic nitrogens is 1. The zero-order chi connectivity index (χ0) is 16.1.